The lowest BCUT2D eigenvalue weighted by atomic mass is 9.86. The highest BCUT2D eigenvalue weighted by atomic mass is 16.7. The predicted molar refractivity (Wildman–Crippen MR) is 229 cm³/mol. The van der Waals surface area contributed by atoms with Crippen LogP contribution in [-0.4, -0.2) is 108 Å². The number of allylic oxidation sites excluding steroid dienone is 2. The van der Waals surface area contributed by atoms with E-state index in [0.29, 0.717) is 18.9 Å². The molecular formula is C46H53N3O13. The number of ketones is 1. The Kier molecular flexibility index (Phi) is 12.2. The average Bonchev–Trinajstić information content (AvgIpc) is 3.67. The van der Waals surface area contributed by atoms with Crippen LogP contribution in [0.1, 0.15) is 57.5 Å². The van der Waals surface area contributed by atoms with E-state index in [9.17, 15) is 29.4 Å². The number of benzene rings is 3. The van der Waals surface area contributed by atoms with E-state index < -0.39 is 71.1 Å². The predicted octanol–water partition coefficient (Wildman–Crippen LogP) is 5.71. The number of aliphatic hydroxyl groups excluding tert-OH is 1. The minimum absolute atomic E-state index is 0.00502. The molecule has 3 N–H and O–H groups in total. The molecule has 16 nitrogen and oxygen atoms in total. The van der Waals surface area contributed by atoms with Crippen molar-refractivity contribution in [2.45, 2.75) is 84.8 Å². The van der Waals surface area contributed by atoms with Crippen molar-refractivity contribution in [1.82, 2.24) is 9.88 Å². The number of aromatic nitrogens is 1. The molecule has 1 amide bonds. The van der Waals surface area contributed by atoms with Gasteiger partial charge in [0.2, 0.25) is 0 Å². The first-order chi connectivity index (χ1) is 29.4. The molecule has 8 rings (SSSR count). The van der Waals surface area contributed by atoms with E-state index in [1.807, 2.05) is 38.9 Å². The standard InChI is InChI=1S/C46H53N3O13/c1-21-13-11-14-22(2)45(55)48-35-38(53)31-30(34-42(35)60-29-16-12-15-28(33(29)47-34)57-20-18-49(8)9)32-40(24(4)36(31)51)62-46(7,44(32)54)58-19-17-27(56-10)23(3)41(59-26(6)50)43-37(52)25(5)39(21)61-43/h11-17,19,21,23,25,27,37,39,41,43,52-53H,18,20H2,1-10H3,(H,48,55)/b13-11+,19-17+,22-14-/t21-,23+,25-,27-,37+,39-,41+,43+,46-/m0/s1. The monoisotopic (exact) mass is 855 g/mol. The molecule has 0 saturated carbocycles. The molecular weight excluding hydrogens is 803 g/mol. The van der Waals surface area contributed by atoms with Crippen molar-refractivity contribution in [2.24, 2.45) is 17.8 Å². The smallest absolute Gasteiger partial charge is 0.312 e. The van der Waals surface area contributed by atoms with E-state index in [-0.39, 0.29) is 72.9 Å². The molecule has 3 aromatic carbocycles. The summed E-state index contributed by atoms with van der Waals surface area (Å²) in [5.41, 5.74) is -0.472. The van der Waals surface area contributed by atoms with Gasteiger partial charge in [0.05, 0.1) is 35.5 Å². The number of anilines is 1. The minimum Gasteiger partial charge on any atom is -0.505 e. The van der Waals surface area contributed by atoms with Gasteiger partial charge in [-0.15, -0.1) is 0 Å². The van der Waals surface area contributed by atoms with Gasteiger partial charge in [0, 0.05) is 61.8 Å². The largest absolute Gasteiger partial charge is 0.505 e. The normalized spacial score (nSPS) is 29.8. The number of esters is 1. The van der Waals surface area contributed by atoms with Crippen LogP contribution >= 0.6 is 0 Å². The van der Waals surface area contributed by atoms with Crippen molar-refractivity contribution in [3.63, 3.8) is 0 Å². The first kappa shape index (κ1) is 44.3. The third-order valence-corrected chi connectivity index (χ3v) is 12.0. The number of hydrogen-bond acceptors (Lipinski definition) is 15. The van der Waals surface area contributed by atoms with Crippen LogP contribution in [0.5, 0.6) is 17.2 Å². The number of carbonyl (C=O) groups is 3. The van der Waals surface area contributed by atoms with Gasteiger partial charge >= 0.3 is 11.8 Å². The summed E-state index contributed by atoms with van der Waals surface area (Å²) in [6.45, 7) is 12.1. The fourth-order valence-electron chi connectivity index (χ4n) is 8.43. The van der Waals surface area contributed by atoms with E-state index in [2.05, 4.69) is 5.32 Å². The Bertz CT molecular complexity index is 2610. The number of nitrogens with one attached hydrogen (secondary N) is 1. The molecule has 330 valence electrons. The van der Waals surface area contributed by atoms with Crippen molar-refractivity contribution in [3.8, 4) is 17.2 Å². The number of carbonyl (C=O) groups excluding carboxylic acids is 3. The first-order valence-corrected chi connectivity index (χ1v) is 20.5. The molecule has 9 atom stereocenters. The molecule has 62 heavy (non-hydrogen) atoms. The second-order valence-electron chi connectivity index (χ2n) is 16.7. The number of phenols is 1. The van der Waals surface area contributed by atoms with E-state index >= 15 is 0 Å². The number of rotatable bonds is 6. The maximum Gasteiger partial charge on any atom is 0.312 e. The number of phenolic OH excluding ortho intramolecular Hbond substituents is 1. The van der Waals surface area contributed by atoms with Crippen molar-refractivity contribution < 1.29 is 57.4 Å². The molecule has 0 radical (unpaired) electrons. The second kappa shape index (κ2) is 17.2. The van der Waals surface area contributed by atoms with Crippen LogP contribution in [0.25, 0.3) is 33.0 Å². The van der Waals surface area contributed by atoms with Gasteiger partial charge in [-0.05, 0) is 46.2 Å². The highest BCUT2D eigenvalue weighted by Crippen LogP contribution is 2.49. The Morgan fingerprint density at radius 1 is 1.03 bits per heavy atom. The molecule has 5 heterocycles. The van der Waals surface area contributed by atoms with Gasteiger partial charge in [0.15, 0.2) is 22.3 Å². The average molecular weight is 856 g/mol. The summed E-state index contributed by atoms with van der Waals surface area (Å²) in [6, 6.07) is 5.06. The molecule has 7 bridgehead atoms. The molecule has 0 unspecified atom stereocenters. The van der Waals surface area contributed by atoms with Crippen LogP contribution < -0.4 is 20.2 Å². The zero-order chi connectivity index (χ0) is 44.9. The number of amides is 1. The van der Waals surface area contributed by atoms with Gasteiger partial charge in [-0.2, -0.15) is 0 Å². The summed E-state index contributed by atoms with van der Waals surface area (Å²) in [4.78, 5) is 62.4. The number of ether oxygens (including phenoxy) is 6. The number of aromatic hydroxyl groups is 1. The van der Waals surface area contributed by atoms with Gasteiger partial charge in [0.1, 0.15) is 47.0 Å². The highest BCUT2D eigenvalue weighted by Gasteiger charge is 2.51. The molecule has 16 heteroatoms. The molecule has 4 aliphatic heterocycles. The summed E-state index contributed by atoms with van der Waals surface area (Å²) < 4.78 is 42.9. The van der Waals surface area contributed by atoms with Crippen LogP contribution in [0.3, 0.4) is 0 Å². The third-order valence-electron chi connectivity index (χ3n) is 12.0. The second-order valence-corrected chi connectivity index (χ2v) is 16.7. The molecule has 4 aromatic rings. The van der Waals surface area contributed by atoms with Crippen LogP contribution in [0, 0.1) is 24.7 Å². The highest BCUT2D eigenvalue weighted by molar-refractivity contribution is 6.26. The summed E-state index contributed by atoms with van der Waals surface area (Å²) in [5.74, 6) is -5.63. The van der Waals surface area contributed by atoms with Crippen molar-refractivity contribution in [2.75, 3.05) is 39.7 Å². The quantitative estimate of drug-likeness (QED) is 0.0920. The number of nitrogens with zero attached hydrogens (tertiary/aromatic N) is 2. The zero-order valence-corrected chi connectivity index (χ0v) is 36.4. The van der Waals surface area contributed by atoms with Crippen molar-refractivity contribution in [3.05, 3.63) is 75.7 Å². The van der Waals surface area contributed by atoms with Crippen molar-refractivity contribution in [1.29, 1.82) is 0 Å². The topological polar surface area (TPSA) is 205 Å². The fourth-order valence-corrected chi connectivity index (χ4v) is 8.43. The summed E-state index contributed by atoms with van der Waals surface area (Å²) in [5, 5.41) is 25.9. The summed E-state index contributed by atoms with van der Waals surface area (Å²) in [7, 11) is 5.27. The number of para-hydroxylation sites is 1. The van der Waals surface area contributed by atoms with Gasteiger partial charge in [-0.3, -0.25) is 19.2 Å². The van der Waals surface area contributed by atoms with Gasteiger partial charge in [-0.25, -0.2) is 4.98 Å². The number of fused-ring (bicyclic) bond motifs is 9. The Morgan fingerprint density at radius 2 is 1.77 bits per heavy atom. The van der Waals surface area contributed by atoms with Gasteiger partial charge < -0.3 is 53.3 Å². The lowest BCUT2D eigenvalue weighted by Crippen LogP contribution is -2.46. The zero-order valence-electron chi connectivity index (χ0n) is 36.4. The van der Waals surface area contributed by atoms with Crippen LogP contribution in [0.15, 0.2) is 63.6 Å². The summed E-state index contributed by atoms with van der Waals surface area (Å²) >= 11 is 0. The van der Waals surface area contributed by atoms with E-state index in [1.54, 1.807) is 44.2 Å². The lowest BCUT2D eigenvalue weighted by Gasteiger charge is -2.33. The molecule has 1 fully saturated rings. The van der Waals surface area contributed by atoms with Crippen LogP contribution in [0.2, 0.25) is 0 Å². The Morgan fingerprint density at radius 3 is 2.47 bits per heavy atom. The molecule has 0 spiro atoms. The Balaban J connectivity index is 1.45. The van der Waals surface area contributed by atoms with E-state index in [4.69, 9.17) is 37.8 Å². The number of hydrogen-bond donors (Lipinski definition) is 3. The number of likely N-dealkylation sites (N-methyl/N-ethyl adjacent to an activating group) is 1. The molecule has 1 saturated heterocycles. The Labute approximate surface area is 358 Å². The third kappa shape index (κ3) is 7.80. The molecule has 0 aliphatic carbocycles. The Hall–Kier alpha value is -5.81. The number of aliphatic hydroxyl groups is 1. The first-order valence-electron chi connectivity index (χ1n) is 20.5. The van der Waals surface area contributed by atoms with Crippen LogP contribution in [0.4, 0.5) is 5.69 Å². The minimum atomic E-state index is -2.04. The fraction of sp³-hybridized carbons (Fsp3) is 0.457. The molecule has 4 aliphatic rings. The van der Waals surface area contributed by atoms with E-state index in [1.165, 1.54) is 40.2 Å². The SMILES string of the molecule is CO[C@H]1/C=C/O[C@@]2(C)Oc3c(C)c(=O)c4c(O)c(c5oc6cccc(OCCN(C)C)c6nc5c4c3C2=O)NC(=O)/C(C)=C\C=C\[C@H](C)[C@@H]2O[C@H]([C@H](O)[C@@H]2C)[C@H](OC(C)=O)[C@@H]1C. The summed E-state index contributed by atoms with van der Waals surface area (Å²) in [6.07, 6.45) is 3.61. The maximum atomic E-state index is 14.8. The lowest BCUT2D eigenvalue weighted by molar-refractivity contribution is -0.168. The van der Waals surface area contributed by atoms with Crippen molar-refractivity contribution >= 4 is 56.3 Å². The van der Waals surface area contributed by atoms with E-state index in [0.717, 1.165) is 0 Å². The maximum absolute atomic E-state index is 14.8. The molecule has 1 aromatic heterocycles. The number of methoxy groups -OCH3 is 1. The van der Waals surface area contributed by atoms with Crippen LogP contribution in [-0.2, 0) is 28.5 Å². The number of Topliss-reactive ketones (excluding diaryl/α,β-unsaturated/α-hetero) is 1. The van der Waals surface area contributed by atoms with Gasteiger partial charge in [0.25, 0.3) is 11.7 Å². The van der Waals surface area contributed by atoms with Gasteiger partial charge in [-0.1, -0.05) is 45.1 Å².